The average Bonchev–Trinajstić information content (AvgIpc) is 3.19. The van der Waals surface area contributed by atoms with E-state index in [0.717, 1.165) is 11.1 Å². The average molecular weight is 453 g/mol. The fourth-order valence-electron chi connectivity index (χ4n) is 7.70. The van der Waals surface area contributed by atoms with Crippen LogP contribution in [0.2, 0.25) is 0 Å². The van der Waals surface area contributed by atoms with Gasteiger partial charge in [-0.25, -0.2) is 9.80 Å². The van der Waals surface area contributed by atoms with Crippen LogP contribution in [0.3, 0.4) is 0 Å². The number of hydrogen-bond donors (Lipinski definition) is 0. The fraction of sp³-hybridized carbons (Fsp3) is 0.357. The number of carbonyl (C=O) groups is 4. The van der Waals surface area contributed by atoms with E-state index in [1.165, 1.54) is 9.80 Å². The van der Waals surface area contributed by atoms with Crippen LogP contribution in [-0.4, -0.2) is 23.6 Å². The van der Waals surface area contributed by atoms with Crippen LogP contribution in [0.15, 0.2) is 60.7 Å². The summed E-state index contributed by atoms with van der Waals surface area (Å²) in [7, 11) is 0. The topological polar surface area (TPSA) is 74.8 Å². The zero-order chi connectivity index (χ0) is 23.5. The third kappa shape index (κ3) is 2.17. The second-order valence-corrected chi connectivity index (χ2v) is 10.4. The van der Waals surface area contributed by atoms with Crippen molar-refractivity contribution in [3.8, 4) is 0 Å². The minimum absolute atomic E-state index is 0.0692. The monoisotopic (exact) mass is 452 g/mol. The predicted octanol–water partition coefficient (Wildman–Crippen LogP) is 3.28. The van der Waals surface area contributed by atoms with Crippen molar-refractivity contribution in [3.63, 3.8) is 0 Å². The molecule has 2 saturated heterocycles. The molecule has 8 atom stereocenters. The van der Waals surface area contributed by atoms with Gasteiger partial charge in [-0.2, -0.15) is 0 Å². The van der Waals surface area contributed by atoms with Crippen molar-refractivity contribution < 1.29 is 19.2 Å². The van der Waals surface area contributed by atoms with Crippen LogP contribution in [0.1, 0.15) is 11.1 Å². The van der Waals surface area contributed by atoms with Gasteiger partial charge in [0.2, 0.25) is 23.6 Å². The first kappa shape index (κ1) is 19.9. The van der Waals surface area contributed by atoms with Gasteiger partial charge in [0.1, 0.15) is 0 Å². The molecular weight excluding hydrogens is 428 g/mol. The highest BCUT2D eigenvalue weighted by Crippen LogP contribution is 2.68. The number of carbonyl (C=O) groups excluding carboxylic acids is 4. The summed E-state index contributed by atoms with van der Waals surface area (Å²) in [5.41, 5.74) is 3.03. The van der Waals surface area contributed by atoms with E-state index in [1.54, 1.807) is 0 Å². The molecule has 4 amide bonds. The highest BCUT2D eigenvalue weighted by molar-refractivity contribution is 6.25. The molecule has 2 aromatic rings. The van der Waals surface area contributed by atoms with Crippen molar-refractivity contribution in [3.05, 3.63) is 71.8 Å². The molecule has 2 bridgehead atoms. The summed E-state index contributed by atoms with van der Waals surface area (Å²) in [4.78, 5) is 57.1. The van der Waals surface area contributed by atoms with E-state index < -0.39 is 23.7 Å². The van der Waals surface area contributed by atoms with E-state index in [9.17, 15) is 19.2 Å². The van der Waals surface area contributed by atoms with Crippen LogP contribution in [0, 0.1) is 61.2 Å². The summed E-state index contributed by atoms with van der Waals surface area (Å²) in [5, 5.41) is 0. The number of para-hydroxylation sites is 2. The Morgan fingerprint density at radius 1 is 0.529 bits per heavy atom. The lowest BCUT2D eigenvalue weighted by Crippen LogP contribution is -2.63. The van der Waals surface area contributed by atoms with Crippen molar-refractivity contribution in [2.75, 3.05) is 9.80 Å². The number of allylic oxidation sites excluding steroid dienone is 2. The van der Waals surface area contributed by atoms with Crippen LogP contribution in [0.25, 0.3) is 0 Å². The first-order valence-corrected chi connectivity index (χ1v) is 12.0. The lowest BCUT2D eigenvalue weighted by atomic mass is 9.40. The van der Waals surface area contributed by atoms with E-state index in [2.05, 4.69) is 0 Å². The molecule has 34 heavy (non-hydrogen) atoms. The molecule has 0 N–H and O–H groups in total. The summed E-state index contributed by atoms with van der Waals surface area (Å²) in [5.74, 6) is -2.92. The Morgan fingerprint density at radius 2 is 0.882 bits per heavy atom. The lowest BCUT2D eigenvalue weighted by Gasteiger charge is -2.60. The zero-order valence-corrected chi connectivity index (χ0v) is 18.9. The van der Waals surface area contributed by atoms with Gasteiger partial charge in [0.05, 0.1) is 35.0 Å². The van der Waals surface area contributed by atoms with Gasteiger partial charge < -0.3 is 0 Å². The molecule has 6 aliphatic rings. The van der Waals surface area contributed by atoms with Crippen molar-refractivity contribution in [2.45, 2.75) is 13.8 Å². The Bertz CT molecular complexity index is 1290. The molecular formula is C28H24N2O4. The smallest absolute Gasteiger partial charge is 0.238 e. The number of hydrogen-bond acceptors (Lipinski definition) is 4. The van der Waals surface area contributed by atoms with Gasteiger partial charge in [-0.15, -0.1) is 0 Å². The minimum atomic E-state index is -0.459. The minimum Gasteiger partial charge on any atom is -0.274 e. The maximum Gasteiger partial charge on any atom is 0.238 e. The Hall–Kier alpha value is -3.54. The van der Waals surface area contributed by atoms with Gasteiger partial charge in [0.15, 0.2) is 0 Å². The number of nitrogens with zero attached hydrogens (tertiary/aromatic N) is 2. The number of anilines is 2. The third-order valence-corrected chi connectivity index (χ3v) is 9.06. The van der Waals surface area contributed by atoms with E-state index in [1.807, 2.05) is 74.5 Å². The standard InChI is InChI=1S/C28H24N2O4/c1-13-7-3-5-9-17(13)29-25(31)21-15-11-12-16(22(21)26(29)32)20-19(15)23-24(20)28(34)30(27(23)33)18-10-6-4-8-14(18)2/h3-12,15-16,19-24H,1-2H3/t15-,16+,19-,20-,21+,22+,23-,24-/m1/s1. The number of imide groups is 2. The molecule has 0 aromatic heterocycles. The fourth-order valence-corrected chi connectivity index (χ4v) is 7.70. The van der Waals surface area contributed by atoms with E-state index in [4.69, 9.17) is 0 Å². The summed E-state index contributed by atoms with van der Waals surface area (Å²) in [6, 6.07) is 14.9. The third-order valence-electron chi connectivity index (χ3n) is 9.06. The first-order chi connectivity index (χ1) is 16.4. The van der Waals surface area contributed by atoms with Gasteiger partial charge in [-0.1, -0.05) is 48.6 Å². The van der Waals surface area contributed by atoms with Crippen molar-refractivity contribution in [2.24, 2.45) is 47.3 Å². The summed E-state index contributed by atoms with van der Waals surface area (Å²) >= 11 is 0. The number of aryl methyl sites for hydroxylation is 2. The van der Waals surface area contributed by atoms with Crippen LogP contribution in [0.4, 0.5) is 11.4 Å². The van der Waals surface area contributed by atoms with Crippen LogP contribution in [0.5, 0.6) is 0 Å². The molecule has 4 aliphatic carbocycles. The molecule has 0 unspecified atom stereocenters. The molecule has 6 nitrogen and oxygen atoms in total. The van der Waals surface area contributed by atoms with Gasteiger partial charge >= 0.3 is 0 Å². The quantitative estimate of drug-likeness (QED) is 0.518. The molecule has 2 saturated carbocycles. The van der Waals surface area contributed by atoms with Gasteiger partial charge in [0.25, 0.3) is 0 Å². The van der Waals surface area contributed by atoms with E-state index in [-0.39, 0.29) is 47.3 Å². The Morgan fingerprint density at radius 3 is 1.26 bits per heavy atom. The molecule has 2 aliphatic heterocycles. The van der Waals surface area contributed by atoms with Crippen LogP contribution >= 0.6 is 0 Å². The Labute approximate surface area is 197 Å². The maximum atomic E-state index is 13.6. The summed E-state index contributed by atoms with van der Waals surface area (Å²) in [6.45, 7) is 3.80. The summed E-state index contributed by atoms with van der Waals surface area (Å²) in [6.07, 6.45) is 4.09. The van der Waals surface area contributed by atoms with E-state index in [0.29, 0.717) is 11.4 Å². The van der Waals surface area contributed by atoms with Gasteiger partial charge in [0, 0.05) is 0 Å². The highest BCUT2D eigenvalue weighted by Gasteiger charge is 2.75. The normalized spacial score (nSPS) is 37.1. The van der Waals surface area contributed by atoms with Crippen LogP contribution in [-0.2, 0) is 19.2 Å². The molecule has 2 aromatic carbocycles. The van der Waals surface area contributed by atoms with Crippen LogP contribution < -0.4 is 9.80 Å². The van der Waals surface area contributed by atoms with Gasteiger partial charge in [-0.05, 0) is 60.8 Å². The molecule has 0 radical (unpaired) electrons. The number of rotatable bonds is 2. The second kappa shape index (κ2) is 6.53. The van der Waals surface area contributed by atoms with Gasteiger partial charge in [-0.3, -0.25) is 19.2 Å². The molecule has 6 heteroatoms. The molecule has 0 spiro atoms. The largest absolute Gasteiger partial charge is 0.274 e. The van der Waals surface area contributed by atoms with E-state index >= 15 is 0 Å². The van der Waals surface area contributed by atoms with Crippen molar-refractivity contribution >= 4 is 35.0 Å². The molecule has 170 valence electrons. The second-order valence-electron chi connectivity index (χ2n) is 10.4. The Kier molecular flexibility index (Phi) is 3.82. The van der Waals surface area contributed by atoms with Crippen molar-refractivity contribution in [1.82, 2.24) is 0 Å². The lowest BCUT2D eigenvalue weighted by molar-refractivity contribution is -0.166. The molecule has 8 rings (SSSR count). The Balaban J connectivity index is 1.27. The number of benzene rings is 2. The SMILES string of the molecule is Cc1ccccc1N1C(=O)[C@H]2[C@H]3C=C[C@@H]([C@@H]2C1=O)[C@H]1[C@H]2C(=O)N(c4ccccc4C)C(=O)[C@@H]2[C@H]31. The highest BCUT2D eigenvalue weighted by atomic mass is 16.2. The molecule has 4 fully saturated rings. The summed E-state index contributed by atoms with van der Waals surface area (Å²) < 4.78 is 0. The number of amides is 4. The predicted molar refractivity (Wildman–Crippen MR) is 124 cm³/mol. The van der Waals surface area contributed by atoms with Crippen molar-refractivity contribution in [1.29, 1.82) is 0 Å². The number of fused-ring (bicyclic) bond motifs is 1. The molecule has 2 heterocycles. The zero-order valence-electron chi connectivity index (χ0n) is 18.9. The first-order valence-electron chi connectivity index (χ1n) is 12.0. The maximum absolute atomic E-state index is 13.6.